The van der Waals surface area contributed by atoms with Crippen LogP contribution in [0.25, 0.3) is 10.4 Å². The number of aromatic nitrogens is 2. The van der Waals surface area contributed by atoms with Gasteiger partial charge < -0.3 is 4.74 Å². The summed E-state index contributed by atoms with van der Waals surface area (Å²) in [5.74, 6) is 1.03. The Morgan fingerprint density at radius 2 is 1.54 bits per heavy atom. The van der Waals surface area contributed by atoms with Crippen LogP contribution in [-0.4, -0.2) is 52.0 Å². The molecule has 0 amide bonds. The molecule has 0 aromatic carbocycles. The minimum absolute atomic E-state index is 0.115. The zero-order valence-corrected chi connectivity index (χ0v) is 34.3. The molecule has 2 rings (SSSR count). The van der Waals surface area contributed by atoms with Gasteiger partial charge in [-0.2, -0.15) is 11.8 Å². The first-order chi connectivity index (χ1) is 25.2. The van der Waals surface area contributed by atoms with Gasteiger partial charge in [-0.05, 0) is 44.4 Å². The van der Waals surface area contributed by atoms with Crippen molar-refractivity contribution >= 4 is 19.6 Å². The third kappa shape index (κ3) is 18.6. The number of hydrogen-bond acceptors (Lipinski definition) is 10. The second kappa shape index (κ2) is 27.9. The zero-order valence-electron chi connectivity index (χ0n) is 32.6. The Balaban J connectivity index is 1.92. The largest absolute Gasteiger partial charge is 0.502 e. The Labute approximate surface area is 316 Å². The summed E-state index contributed by atoms with van der Waals surface area (Å²) >= 11 is 1.89. The van der Waals surface area contributed by atoms with Crippen LogP contribution in [0.2, 0.25) is 0 Å². The number of aromatic amines is 1. The lowest BCUT2D eigenvalue weighted by Gasteiger charge is -2.25. The van der Waals surface area contributed by atoms with Gasteiger partial charge in [0.15, 0.2) is 0 Å². The first-order valence-corrected chi connectivity index (χ1v) is 22.6. The highest BCUT2D eigenvalue weighted by Gasteiger charge is 2.40. The van der Waals surface area contributed by atoms with E-state index in [-0.39, 0.29) is 31.0 Å². The van der Waals surface area contributed by atoms with Crippen LogP contribution in [-0.2, 0) is 27.9 Å². The molecule has 0 radical (unpaired) electrons. The number of aryl methyl sites for hydroxylation is 1. The number of H-pyrrole nitrogens is 1. The van der Waals surface area contributed by atoms with Crippen LogP contribution < -0.4 is 11.2 Å². The maximum Gasteiger partial charge on any atom is 0.502 e. The Bertz CT molecular complexity index is 1310. The molecule has 3 unspecified atom stereocenters. The normalized spacial score (nSPS) is 19.7. The third-order valence-corrected chi connectivity index (χ3v) is 12.2. The van der Waals surface area contributed by atoms with Gasteiger partial charge in [-0.15, -0.1) is 4.67 Å². The summed E-state index contributed by atoms with van der Waals surface area (Å²) in [7, 11) is -4.21. The van der Waals surface area contributed by atoms with Gasteiger partial charge in [-0.3, -0.25) is 23.4 Å². The number of rotatable bonds is 32. The Morgan fingerprint density at radius 1 is 0.942 bits per heavy atom. The van der Waals surface area contributed by atoms with Crippen LogP contribution in [0.3, 0.4) is 0 Å². The number of nitrogens with one attached hydrogen (secondary N) is 1. The van der Waals surface area contributed by atoms with Crippen LogP contribution >= 0.6 is 19.6 Å². The van der Waals surface area contributed by atoms with Gasteiger partial charge in [0, 0.05) is 28.3 Å². The van der Waals surface area contributed by atoms with Crippen molar-refractivity contribution in [2.75, 3.05) is 19.0 Å². The van der Waals surface area contributed by atoms with Crippen molar-refractivity contribution in [2.45, 2.75) is 193 Å². The first-order valence-electron chi connectivity index (χ1n) is 20.0. The predicted octanol–water partition coefficient (Wildman–Crippen LogP) is 10.9. The van der Waals surface area contributed by atoms with E-state index in [1.54, 1.807) is 6.92 Å². The van der Waals surface area contributed by atoms with Gasteiger partial charge in [-0.1, -0.05) is 129 Å². The fourth-order valence-electron chi connectivity index (χ4n) is 6.23. The molecule has 13 nitrogen and oxygen atoms in total. The summed E-state index contributed by atoms with van der Waals surface area (Å²) in [6.45, 7) is 9.67. The minimum atomic E-state index is -4.21. The third-order valence-electron chi connectivity index (χ3n) is 9.44. The van der Waals surface area contributed by atoms with E-state index in [1.165, 1.54) is 101 Å². The molecule has 52 heavy (non-hydrogen) atoms. The average molecular weight is 774 g/mol. The monoisotopic (exact) mass is 773 g/mol. The van der Waals surface area contributed by atoms with Gasteiger partial charge in [0.25, 0.3) is 5.56 Å². The van der Waals surface area contributed by atoms with E-state index in [4.69, 9.17) is 23.3 Å². The molecular formula is C37H68N5O8PS. The van der Waals surface area contributed by atoms with Crippen molar-refractivity contribution in [1.82, 2.24) is 9.55 Å². The molecule has 6 atom stereocenters. The second-order valence-electron chi connectivity index (χ2n) is 14.1. The molecule has 1 aliphatic rings. The number of hydrogen-bond donors (Lipinski definition) is 1. The lowest BCUT2D eigenvalue weighted by Crippen LogP contribution is -2.33. The van der Waals surface area contributed by atoms with Gasteiger partial charge in [0.1, 0.15) is 12.3 Å². The molecule has 1 aliphatic heterocycles. The first kappa shape index (κ1) is 46.5. The Hall–Kier alpha value is -1.63. The quantitative estimate of drug-likeness (QED) is 0.0142. The molecule has 300 valence electrons. The van der Waals surface area contributed by atoms with Gasteiger partial charge >= 0.3 is 13.5 Å². The fraction of sp³-hybridized carbons (Fsp3) is 0.892. The molecule has 0 saturated carbocycles. The molecule has 0 spiro atoms. The highest BCUT2D eigenvalue weighted by atomic mass is 32.2. The van der Waals surface area contributed by atoms with E-state index >= 15 is 0 Å². The topological polar surface area (TPSA) is 167 Å². The fourth-order valence-corrected chi connectivity index (χ4v) is 8.70. The zero-order chi connectivity index (χ0) is 38.0. The van der Waals surface area contributed by atoms with Gasteiger partial charge in [-0.25, -0.2) is 14.2 Å². The lowest BCUT2D eigenvalue weighted by atomic mass is 10.1. The number of ether oxygens (including phenoxy) is 1. The predicted molar refractivity (Wildman–Crippen MR) is 210 cm³/mol. The highest BCUT2D eigenvalue weighted by molar-refractivity contribution is 7.99. The van der Waals surface area contributed by atoms with Crippen LogP contribution in [0.15, 0.2) is 20.9 Å². The summed E-state index contributed by atoms with van der Waals surface area (Å²) in [5, 5.41) is 3.97. The summed E-state index contributed by atoms with van der Waals surface area (Å²) in [4.78, 5) is 35.3. The van der Waals surface area contributed by atoms with Crippen LogP contribution in [0, 0.1) is 6.92 Å². The van der Waals surface area contributed by atoms with Crippen molar-refractivity contribution in [3.63, 3.8) is 0 Å². The minimum Gasteiger partial charge on any atom is -0.352 e. The number of phosphoric acid groups is 1. The second-order valence-corrected chi connectivity index (χ2v) is 17.0. The number of azide groups is 1. The highest BCUT2D eigenvalue weighted by Crippen LogP contribution is 2.51. The Kier molecular flexibility index (Phi) is 24.9. The van der Waals surface area contributed by atoms with Crippen molar-refractivity contribution in [3.05, 3.63) is 43.0 Å². The number of thioether (sulfide) groups is 1. The molecule has 15 heteroatoms. The maximum atomic E-state index is 13.8. The molecule has 2 heterocycles. The van der Waals surface area contributed by atoms with Crippen molar-refractivity contribution in [1.29, 1.82) is 0 Å². The standard InChI is InChI=1S/C37H68N5O8PS/c1-6-9-11-13-14-15-16-17-18-19-21-23-26-52-34(24-22-20-12-10-7-2)31(5)49-50-51(45,46-25-8-3)47-29-33-32(40-41-38)27-35(48-33)42-28-30(4)36(43)39-37(42)44/h28,31-35H,6-27,29H2,1-5H3,(H,39,43,44)/t31?,32-,33+,34?,35+,51?/m0/s1. The number of phosphoric ester groups is 1. The lowest BCUT2D eigenvalue weighted by molar-refractivity contribution is -0.257. The van der Waals surface area contributed by atoms with Gasteiger partial charge in [0.05, 0.1) is 25.4 Å². The van der Waals surface area contributed by atoms with Crippen LogP contribution in [0.4, 0.5) is 0 Å². The molecule has 1 fully saturated rings. The summed E-state index contributed by atoms with van der Waals surface area (Å²) < 4.78 is 37.8. The number of nitrogens with zero attached hydrogens (tertiary/aromatic N) is 4. The van der Waals surface area contributed by atoms with E-state index < -0.39 is 37.4 Å². The average Bonchev–Trinajstić information content (AvgIpc) is 3.53. The summed E-state index contributed by atoms with van der Waals surface area (Å²) in [6.07, 6.45) is 22.7. The summed E-state index contributed by atoms with van der Waals surface area (Å²) in [6, 6.07) is -0.734. The van der Waals surface area contributed by atoms with E-state index in [0.717, 1.165) is 31.4 Å². The van der Waals surface area contributed by atoms with E-state index in [2.05, 4.69) is 28.9 Å². The summed E-state index contributed by atoms with van der Waals surface area (Å²) in [5.41, 5.74) is 8.35. The van der Waals surface area contributed by atoms with Crippen molar-refractivity contribution < 1.29 is 27.9 Å². The van der Waals surface area contributed by atoms with E-state index in [9.17, 15) is 19.7 Å². The molecule has 1 saturated heterocycles. The van der Waals surface area contributed by atoms with Crippen molar-refractivity contribution in [3.8, 4) is 0 Å². The SMILES string of the molecule is CCCCCCCCCCCCCCSC(CCCCCCC)C(C)OOP(=O)(OCCC)OC[C@H]1O[C@@H](n2cc(C)c(=O)[nH]c2=O)C[C@@H]1N=[N+]=[N-]. The van der Waals surface area contributed by atoms with Crippen LogP contribution in [0.5, 0.6) is 0 Å². The molecule has 0 bridgehead atoms. The molecule has 1 aromatic rings. The molecule has 1 N–H and O–H groups in total. The van der Waals surface area contributed by atoms with Gasteiger partial charge in [0.2, 0.25) is 0 Å². The number of unbranched alkanes of at least 4 members (excludes halogenated alkanes) is 15. The molecule has 0 aliphatic carbocycles. The van der Waals surface area contributed by atoms with Crippen LogP contribution in [0.1, 0.15) is 168 Å². The molecular weight excluding hydrogens is 705 g/mol. The van der Waals surface area contributed by atoms with E-state index in [0.29, 0.717) is 12.0 Å². The van der Waals surface area contributed by atoms with Crippen molar-refractivity contribution in [2.24, 2.45) is 5.11 Å². The van der Waals surface area contributed by atoms with E-state index in [1.807, 2.05) is 25.6 Å². The Morgan fingerprint density at radius 3 is 2.13 bits per heavy atom. The maximum absolute atomic E-state index is 13.8. The smallest absolute Gasteiger partial charge is 0.352 e. The molecule has 1 aromatic heterocycles.